The molecule has 0 saturated heterocycles. The van der Waals surface area contributed by atoms with Crippen LogP contribution in [0.1, 0.15) is 43.9 Å². The Morgan fingerprint density at radius 3 is 2.60 bits per heavy atom. The molecule has 0 bridgehead atoms. The fourth-order valence-corrected chi connectivity index (χ4v) is 4.36. The van der Waals surface area contributed by atoms with Gasteiger partial charge in [-0.15, -0.1) is 11.3 Å². The van der Waals surface area contributed by atoms with Crippen LogP contribution in [-0.2, 0) is 11.3 Å². The zero-order valence-electron chi connectivity index (χ0n) is 17.9. The highest BCUT2D eigenvalue weighted by Gasteiger charge is 2.16. The third-order valence-corrected chi connectivity index (χ3v) is 6.18. The van der Waals surface area contributed by atoms with Crippen molar-refractivity contribution in [3.05, 3.63) is 46.5 Å². The summed E-state index contributed by atoms with van der Waals surface area (Å²) in [5.41, 5.74) is 2.63. The molecule has 1 unspecified atom stereocenters. The lowest BCUT2D eigenvalue weighted by molar-refractivity contribution is -0.131. The van der Waals surface area contributed by atoms with Crippen LogP contribution >= 0.6 is 11.3 Å². The number of carbonyl (C=O) groups is 2. The summed E-state index contributed by atoms with van der Waals surface area (Å²) in [6.45, 7) is 9.66. The van der Waals surface area contributed by atoms with E-state index in [2.05, 4.69) is 15.6 Å². The summed E-state index contributed by atoms with van der Waals surface area (Å²) < 4.78 is 1.94. The molecule has 160 valence electrons. The first-order valence-corrected chi connectivity index (χ1v) is 11.2. The number of amides is 3. The van der Waals surface area contributed by atoms with Gasteiger partial charge in [0, 0.05) is 47.0 Å². The molecule has 3 amide bonds. The summed E-state index contributed by atoms with van der Waals surface area (Å²) in [7, 11) is 0. The monoisotopic (exact) mass is 427 g/mol. The Balaban J connectivity index is 1.67. The number of hydrogen-bond donors (Lipinski definition) is 2. The van der Waals surface area contributed by atoms with Gasteiger partial charge in [-0.3, -0.25) is 4.79 Å². The van der Waals surface area contributed by atoms with E-state index in [-0.39, 0.29) is 18.0 Å². The summed E-state index contributed by atoms with van der Waals surface area (Å²) >= 11 is 1.56. The first-order valence-electron chi connectivity index (χ1n) is 10.3. The van der Waals surface area contributed by atoms with Crippen molar-refractivity contribution in [2.24, 2.45) is 0 Å². The van der Waals surface area contributed by atoms with Crippen LogP contribution in [0.15, 0.2) is 35.8 Å². The minimum atomic E-state index is -0.259. The second-order valence-corrected chi connectivity index (χ2v) is 8.06. The molecular weight excluding hydrogens is 398 g/mol. The number of nitrogens with zero attached hydrogens (tertiary/aromatic N) is 3. The number of carbonyl (C=O) groups excluding carboxylic acids is 2. The van der Waals surface area contributed by atoms with Crippen molar-refractivity contribution < 1.29 is 9.59 Å². The Kier molecular flexibility index (Phi) is 7.10. The molecule has 0 saturated carbocycles. The van der Waals surface area contributed by atoms with Gasteiger partial charge in [0.1, 0.15) is 11.6 Å². The van der Waals surface area contributed by atoms with Crippen LogP contribution in [-0.4, -0.2) is 39.5 Å². The van der Waals surface area contributed by atoms with E-state index < -0.39 is 0 Å². The SMILES string of the molecule is CCC(NC(=O)Nc1ccc2c(ccn2CC(=O)N(CC)CC)c1)c1nc(C)cs1. The molecule has 2 aromatic heterocycles. The molecule has 3 rings (SSSR count). The fraction of sp³-hybridized carbons (Fsp3) is 0.409. The fourth-order valence-electron chi connectivity index (χ4n) is 3.43. The molecule has 0 spiro atoms. The number of benzene rings is 1. The highest BCUT2D eigenvalue weighted by molar-refractivity contribution is 7.09. The van der Waals surface area contributed by atoms with Gasteiger partial charge >= 0.3 is 6.03 Å². The zero-order valence-corrected chi connectivity index (χ0v) is 18.8. The first kappa shape index (κ1) is 21.8. The van der Waals surface area contributed by atoms with Gasteiger partial charge in [-0.05, 0) is 51.5 Å². The Morgan fingerprint density at radius 1 is 1.20 bits per heavy atom. The highest BCUT2D eigenvalue weighted by Crippen LogP contribution is 2.23. The third-order valence-electron chi connectivity index (χ3n) is 5.10. The predicted molar refractivity (Wildman–Crippen MR) is 122 cm³/mol. The molecule has 0 aliphatic heterocycles. The van der Waals surface area contributed by atoms with Gasteiger partial charge in [-0.25, -0.2) is 9.78 Å². The number of thiazole rings is 1. The van der Waals surface area contributed by atoms with Gasteiger partial charge in [-0.2, -0.15) is 0 Å². The topological polar surface area (TPSA) is 79.3 Å². The van der Waals surface area contributed by atoms with E-state index >= 15 is 0 Å². The van der Waals surface area contributed by atoms with Crippen LogP contribution in [0.2, 0.25) is 0 Å². The molecule has 0 radical (unpaired) electrons. The van der Waals surface area contributed by atoms with Gasteiger partial charge in [0.15, 0.2) is 0 Å². The van der Waals surface area contributed by atoms with Crippen molar-refractivity contribution in [3.63, 3.8) is 0 Å². The highest BCUT2D eigenvalue weighted by atomic mass is 32.1. The molecule has 0 aliphatic carbocycles. The smallest absolute Gasteiger partial charge is 0.319 e. The number of aromatic nitrogens is 2. The number of urea groups is 1. The number of nitrogens with one attached hydrogen (secondary N) is 2. The summed E-state index contributed by atoms with van der Waals surface area (Å²) in [6, 6.07) is 7.30. The lowest BCUT2D eigenvalue weighted by Crippen LogP contribution is -2.33. The summed E-state index contributed by atoms with van der Waals surface area (Å²) in [5, 5.41) is 9.77. The van der Waals surface area contributed by atoms with Gasteiger partial charge in [-0.1, -0.05) is 6.92 Å². The minimum Gasteiger partial charge on any atom is -0.342 e. The first-order chi connectivity index (χ1) is 14.4. The Morgan fingerprint density at radius 2 is 1.97 bits per heavy atom. The van der Waals surface area contributed by atoms with E-state index in [1.807, 2.05) is 73.0 Å². The standard InChI is InChI=1S/C22H29N5O2S/c1-5-18(21-23-15(4)14-30-21)25-22(29)24-17-8-9-19-16(12-17)10-11-27(19)13-20(28)26(6-2)7-3/h8-12,14,18H,5-7,13H2,1-4H3,(H2,24,25,29). The third kappa shape index (κ3) is 4.99. The predicted octanol–water partition coefficient (Wildman–Crippen LogP) is 4.55. The molecule has 2 heterocycles. The molecule has 7 nitrogen and oxygen atoms in total. The van der Waals surface area contributed by atoms with E-state index in [1.54, 1.807) is 11.3 Å². The molecule has 1 aromatic carbocycles. The van der Waals surface area contributed by atoms with Gasteiger partial charge in [0.05, 0.1) is 6.04 Å². The molecular formula is C22H29N5O2S. The second kappa shape index (κ2) is 9.75. The number of aryl methyl sites for hydroxylation is 1. The van der Waals surface area contributed by atoms with E-state index in [0.29, 0.717) is 25.3 Å². The van der Waals surface area contributed by atoms with Crippen molar-refractivity contribution in [1.29, 1.82) is 0 Å². The van der Waals surface area contributed by atoms with E-state index in [9.17, 15) is 9.59 Å². The van der Waals surface area contributed by atoms with Crippen molar-refractivity contribution in [2.75, 3.05) is 18.4 Å². The average molecular weight is 428 g/mol. The molecule has 0 aliphatic rings. The van der Waals surface area contributed by atoms with Crippen molar-refractivity contribution >= 4 is 39.9 Å². The van der Waals surface area contributed by atoms with Crippen molar-refractivity contribution in [2.45, 2.75) is 46.7 Å². The Bertz CT molecular complexity index is 1020. The minimum absolute atomic E-state index is 0.0992. The molecule has 0 fully saturated rings. The Labute approximate surface area is 181 Å². The van der Waals surface area contributed by atoms with E-state index in [4.69, 9.17) is 0 Å². The Hall–Kier alpha value is -2.87. The number of anilines is 1. The lowest BCUT2D eigenvalue weighted by atomic mass is 10.2. The van der Waals surface area contributed by atoms with Crippen LogP contribution < -0.4 is 10.6 Å². The number of fused-ring (bicyclic) bond motifs is 1. The zero-order chi connectivity index (χ0) is 21.7. The lowest BCUT2D eigenvalue weighted by Gasteiger charge is -2.19. The quantitative estimate of drug-likeness (QED) is 0.554. The second-order valence-electron chi connectivity index (χ2n) is 7.17. The van der Waals surface area contributed by atoms with E-state index in [0.717, 1.165) is 28.0 Å². The molecule has 8 heteroatoms. The number of rotatable bonds is 8. The van der Waals surface area contributed by atoms with E-state index in [1.165, 1.54) is 0 Å². The maximum atomic E-state index is 12.5. The average Bonchev–Trinajstić information content (AvgIpc) is 3.33. The van der Waals surface area contributed by atoms with Crippen LogP contribution in [0.25, 0.3) is 10.9 Å². The van der Waals surface area contributed by atoms with Gasteiger partial charge in [0.2, 0.25) is 5.91 Å². The summed E-state index contributed by atoms with van der Waals surface area (Å²) in [4.78, 5) is 31.2. The molecule has 30 heavy (non-hydrogen) atoms. The summed E-state index contributed by atoms with van der Waals surface area (Å²) in [6.07, 6.45) is 2.68. The van der Waals surface area contributed by atoms with Crippen LogP contribution in [0.3, 0.4) is 0 Å². The maximum absolute atomic E-state index is 12.5. The molecule has 3 aromatic rings. The van der Waals surface area contributed by atoms with Gasteiger partial charge < -0.3 is 20.1 Å². The normalized spacial score (nSPS) is 12.0. The molecule has 1 atom stereocenters. The maximum Gasteiger partial charge on any atom is 0.319 e. The van der Waals surface area contributed by atoms with Crippen molar-refractivity contribution in [3.8, 4) is 0 Å². The van der Waals surface area contributed by atoms with Crippen molar-refractivity contribution in [1.82, 2.24) is 19.8 Å². The summed E-state index contributed by atoms with van der Waals surface area (Å²) in [5.74, 6) is 0.0992. The molecule has 2 N–H and O–H groups in total. The number of hydrogen-bond acceptors (Lipinski definition) is 4. The largest absolute Gasteiger partial charge is 0.342 e. The van der Waals surface area contributed by atoms with Crippen LogP contribution in [0.5, 0.6) is 0 Å². The number of likely N-dealkylation sites (N-methyl/N-ethyl adjacent to an activating group) is 1. The van der Waals surface area contributed by atoms with Gasteiger partial charge in [0.25, 0.3) is 0 Å². The van der Waals surface area contributed by atoms with Crippen LogP contribution in [0.4, 0.5) is 10.5 Å². The van der Waals surface area contributed by atoms with Crippen LogP contribution in [0, 0.1) is 6.92 Å².